The molecular formula is C13H11FIN3OS. The molecule has 0 spiro atoms. The van der Waals surface area contributed by atoms with Crippen molar-refractivity contribution in [2.24, 2.45) is 0 Å². The lowest BCUT2D eigenvalue weighted by Gasteiger charge is -2.09. The molecule has 0 atom stereocenters. The van der Waals surface area contributed by atoms with Gasteiger partial charge >= 0.3 is 0 Å². The van der Waals surface area contributed by atoms with E-state index in [4.69, 9.17) is 4.74 Å². The number of nitrogens with zero attached hydrogens (tertiary/aromatic N) is 2. The minimum absolute atomic E-state index is 0.234. The summed E-state index contributed by atoms with van der Waals surface area (Å²) in [6, 6.07) is 4.67. The van der Waals surface area contributed by atoms with Gasteiger partial charge < -0.3 is 10.1 Å². The van der Waals surface area contributed by atoms with Crippen molar-refractivity contribution >= 4 is 44.6 Å². The summed E-state index contributed by atoms with van der Waals surface area (Å²) in [4.78, 5) is 5.29. The molecule has 0 radical (unpaired) electrons. The van der Waals surface area contributed by atoms with Crippen molar-refractivity contribution < 1.29 is 9.13 Å². The maximum absolute atomic E-state index is 13.1. The zero-order valence-corrected chi connectivity index (χ0v) is 13.5. The van der Waals surface area contributed by atoms with Crippen LogP contribution in [0.2, 0.25) is 0 Å². The van der Waals surface area contributed by atoms with E-state index in [0.29, 0.717) is 12.4 Å². The highest BCUT2D eigenvalue weighted by Gasteiger charge is 2.13. The normalized spacial score (nSPS) is 10.9. The summed E-state index contributed by atoms with van der Waals surface area (Å²) in [6.07, 6.45) is 1.96. The molecule has 0 aliphatic carbocycles. The van der Waals surface area contributed by atoms with Gasteiger partial charge in [0.05, 0.1) is 13.7 Å². The number of rotatable bonds is 4. The standard InChI is InChI=1S/C13H11FIN3OS/c1-19-12-11(18-4-5-20-13(18)17-12)7-16-10-3-2-8(14)6-9(10)15/h2-6,16H,7H2,1H3. The number of ether oxygens (including phenoxy) is 1. The molecule has 0 fully saturated rings. The largest absolute Gasteiger partial charge is 0.480 e. The molecule has 0 aliphatic heterocycles. The second-order valence-corrected chi connectivity index (χ2v) is 6.14. The lowest BCUT2D eigenvalue weighted by molar-refractivity contribution is 0.395. The van der Waals surface area contributed by atoms with Crippen LogP contribution in [-0.2, 0) is 6.54 Å². The summed E-state index contributed by atoms with van der Waals surface area (Å²) in [5.41, 5.74) is 1.84. The van der Waals surface area contributed by atoms with Crippen LogP contribution in [0, 0.1) is 9.39 Å². The first-order valence-electron chi connectivity index (χ1n) is 5.86. The number of nitrogens with one attached hydrogen (secondary N) is 1. The van der Waals surface area contributed by atoms with E-state index in [1.807, 2.05) is 16.0 Å². The summed E-state index contributed by atoms with van der Waals surface area (Å²) in [6.45, 7) is 0.558. The van der Waals surface area contributed by atoms with Crippen LogP contribution < -0.4 is 10.1 Å². The highest BCUT2D eigenvalue weighted by molar-refractivity contribution is 14.1. The van der Waals surface area contributed by atoms with Crippen molar-refractivity contribution in [1.82, 2.24) is 9.38 Å². The van der Waals surface area contributed by atoms with Crippen LogP contribution in [0.25, 0.3) is 4.96 Å². The molecule has 0 unspecified atom stereocenters. The topological polar surface area (TPSA) is 38.6 Å². The lowest BCUT2D eigenvalue weighted by Crippen LogP contribution is -2.05. The third-order valence-electron chi connectivity index (χ3n) is 2.90. The summed E-state index contributed by atoms with van der Waals surface area (Å²) >= 11 is 3.67. The average molecular weight is 403 g/mol. The molecule has 104 valence electrons. The average Bonchev–Trinajstić information content (AvgIpc) is 2.98. The number of hydrogen-bond donors (Lipinski definition) is 1. The van der Waals surface area contributed by atoms with E-state index in [-0.39, 0.29) is 5.82 Å². The highest BCUT2D eigenvalue weighted by atomic mass is 127. The van der Waals surface area contributed by atoms with E-state index in [9.17, 15) is 4.39 Å². The van der Waals surface area contributed by atoms with Gasteiger partial charge in [-0.3, -0.25) is 4.40 Å². The molecule has 0 amide bonds. The summed E-state index contributed by atoms with van der Waals surface area (Å²) in [5.74, 6) is 0.378. The van der Waals surface area contributed by atoms with Crippen molar-refractivity contribution in [1.29, 1.82) is 0 Å². The first-order chi connectivity index (χ1) is 9.69. The number of imidazole rings is 1. The molecule has 0 bridgehead atoms. The Kier molecular flexibility index (Phi) is 3.79. The molecule has 2 aromatic heterocycles. The van der Waals surface area contributed by atoms with E-state index in [2.05, 4.69) is 32.9 Å². The Hall–Kier alpha value is -1.35. The van der Waals surface area contributed by atoms with Crippen LogP contribution in [0.4, 0.5) is 10.1 Å². The molecule has 1 aromatic carbocycles. The number of hydrogen-bond acceptors (Lipinski definition) is 4. The molecule has 7 heteroatoms. The van der Waals surface area contributed by atoms with Gasteiger partial charge in [-0.05, 0) is 40.8 Å². The molecule has 3 rings (SSSR count). The Bertz CT molecular complexity index is 755. The Morgan fingerprint density at radius 3 is 3.10 bits per heavy atom. The van der Waals surface area contributed by atoms with Gasteiger partial charge in [0.1, 0.15) is 11.5 Å². The van der Waals surface area contributed by atoms with Gasteiger partial charge in [-0.15, -0.1) is 11.3 Å². The number of thiazole rings is 1. The first-order valence-corrected chi connectivity index (χ1v) is 7.82. The molecule has 0 saturated carbocycles. The predicted octanol–water partition coefficient (Wildman–Crippen LogP) is 3.76. The Labute approximate surface area is 132 Å². The van der Waals surface area contributed by atoms with Crippen LogP contribution in [0.1, 0.15) is 5.69 Å². The predicted molar refractivity (Wildman–Crippen MR) is 86.1 cm³/mol. The molecular weight excluding hydrogens is 392 g/mol. The lowest BCUT2D eigenvalue weighted by atomic mass is 10.3. The molecule has 20 heavy (non-hydrogen) atoms. The minimum Gasteiger partial charge on any atom is -0.480 e. The zero-order chi connectivity index (χ0) is 14.1. The van der Waals surface area contributed by atoms with E-state index in [1.165, 1.54) is 12.1 Å². The fourth-order valence-corrected chi connectivity index (χ4v) is 3.34. The fraction of sp³-hybridized carbons (Fsp3) is 0.154. The van der Waals surface area contributed by atoms with Crippen molar-refractivity contribution in [2.45, 2.75) is 6.54 Å². The van der Waals surface area contributed by atoms with Crippen molar-refractivity contribution in [2.75, 3.05) is 12.4 Å². The summed E-state index contributed by atoms with van der Waals surface area (Å²) in [7, 11) is 1.61. The molecule has 2 heterocycles. The van der Waals surface area contributed by atoms with Gasteiger partial charge in [0.2, 0.25) is 5.88 Å². The van der Waals surface area contributed by atoms with Crippen molar-refractivity contribution in [3.8, 4) is 5.88 Å². The second kappa shape index (κ2) is 5.57. The van der Waals surface area contributed by atoms with Crippen molar-refractivity contribution in [3.63, 3.8) is 0 Å². The van der Waals surface area contributed by atoms with E-state index >= 15 is 0 Å². The molecule has 0 saturated heterocycles. The van der Waals surface area contributed by atoms with Crippen molar-refractivity contribution in [3.05, 3.63) is 44.9 Å². The quantitative estimate of drug-likeness (QED) is 0.675. The zero-order valence-electron chi connectivity index (χ0n) is 10.6. The van der Waals surface area contributed by atoms with E-state index < -0.39 is 0 Å². The summed E-state index contributed by atoms with van der Waals surface area (Å²) in [5, 5.41) is 5.27. The fourth-order valence-electron chi connectivity index (χ4n) is 1.95. The molecule has 0 aliphatic rings. The number of halogens is 2. The smallest absolute Gasteiger partial charge is 0.238 e. The molecule has 4 nitrogen and oxygen atoms in total. The van der Waals surface area contributed by atoms with E-state index in [0.717, 1.165) is 19.9 Å². The number of methoxy groups -OCH3 is 1. The van der Waals surface area contributed by atoms with Crippen LogP contribution in [0.5, 0.6) is 5.88 Å². The second-order valence-electron chi connectivity index (χ2n) is 4.10. The molecule has 3 aromatic rings. The molecule has 1 N–H and O–H groups in total. The third kappa shape index (κ3) is 2.47. The minimum atomic E-state index is -0.234. The van der Waals surface area contributed by atoms with Gasteiger partial charge in [0, 0.05) is 20.8 Å². The number of benzene rings is 1. The van der Waals surface area contributed by atoms with Crippen LogP contribution in [-0.4, -0.2) is 16.5 Å². The van der Waals surface area contributed by atoms with Crippen LogP contribution in [0.3, 0.4) is 0 Å². The Balaban J connectivity index is 1.87. The number of aromatic nitrogens is 2. The number of fused-ring (bicyclic) bond motifs is 1. The van der Waals surface area contributed by atoms with Crippen LogP contribution >= 0.6 is 33.9 Å². The summed E-state index contributed by atoms with van der Waals surface area (Å²) < 4.78 is 21.2. The monoisotopic (exact) mass is 403 g/mol. The van der Waals surface area contributed by atoms with Gasteiger partial charge in [-0.2, -0.15) is 4.98 Å². The highest BCUT2D eigenvalue weighted by Crippen LogP contribution is 2.25. The third-order valence-corrected chi connectivity index (χ3v) is 4.54. The Morgan fingerprint density at radius 2 is 2.35 bits per heavy atom. The van der Waals surface area contributed by atoms with Gasteiger partial charge in [-0.25, -0.2) is 4.39 Å². The first kappa shape index (κ1) is 13.6. The van der Waals surface area contributed by atoms with E-state index in [1.54, 1.807) is 24.5 Å². The Morgan fingerprint density at radius 1 is 1.50 bits per heavy atom. The SMILES string of the molecule is COc1nc2sccn2c1CNc1ccc(F)cc1I. The number of anilines is 1. The maximum Gasteiger partial charge on any atom is 0.238 e. The van der Waals surface area contributed by atoms with Gasteiger partial charge in [-0.1, -0.05) is 0 Å². The van der Waals surface area contributed by atoms with Gasteiger partial charge in [0.15, 0.2) is 4.96 Å². The van der Waals surface area contributed by atoms with Gasteiger partial charge in [0.25, 0.3) is 0 Å². The van der Waals surface area contributed by atoms with Crippen LogP contribution in [0.15, 0.2) is 29.8 Å². The maximum atomic E-state index is 13.1.